The summed E-state index contributed by atoms with van der Waals surface area (Å²) >= 11 is 6.01. The Morgan fingerprint density at radius 2 is 1.76 bits per heavy atom. The molecule has 0 spiro atoms. The fourth-order valence-electron chi connectivity index (χ4n) is 3.83. The molecule has 1 aromatic carbocycles. The Kier molecular flexibility index (Phi) is 6.58. The Hall–Kier alpha value is -1.99. The number of ether oxygens (including phenoxy) is 2. The molecule has 1 atom stereocenters. The fraction of sp³-hybridized carbons (Fsp3) is 0.619. The first-order chi connectivity index (χ1) is 13.7. The highest BCUT2D eigenvalue weighted by atomic mass is 35.5. The van der Waals surface area contributed by atoms with Gasteiger partial charge in [-0.1, -0.05) is 11.6 Å². The van der Waals surface area contributed by atoms with Gasteiger partial charge in [0.25, 0.3) is 5.91 Å². The Morgan fingerprint density at radius 1 is 1.07 bits per heavy atom. The lowest BCUT2D eigenvalue weighted by Crippen LogP contribution is -2.53. The monoisotopic (exact) mass is 423 g/mol. The van der Waals surface area contributed by atoms with Crippen LogP contribution in [0.1, 0.15) is 37.6 Å². The van der Waals surface area contributed by atoms with E-state index in [2.05, 4.69) is 4.90 Å². The summed E-state index contributed by atoms with van der Waals surface area (Å²) in [6.45, 7) is 9.88. The first-order valence-corrected chi connectivity index (χ1v) is 10.4. The van der Waals surface area contributed by atoms with Gasteiger partial charge in [-0.25, -0.2) is 4.79 Å². The van der Waals surface area contributed by atoms with Gasteiger partial charge in [0.15, 0.2) is 0 Å². The van der Waals surface area contributed by atoms with Crippen LogP contribution in [0.5, 0.6) is 5.75 Å². The van der Waals surface area contributed by atoms with Gasteiger partial charge in [-0.3, -0.25) is 9.69 Å². The van der Waals surface area contributed by atoms with Crippen molar-refractivity contribution in [2.45, 2.75) is 38.8 Å². The Balaban J connectivity index is 1.54. The van der Waals surface area contributed by atoms with E-state index >= 15 is 0 Å². The average Bonchev–Trinajstić information content (AvgIpc) is 3.16. The molecule has 2 fully saturated rings. The van der Waals surface area contributed by atoms with Gasteiger partial charge in [0.1, 0.15) is 11.4 Å². The molecule has 0 bridgehead atoms. The number of halogens is 1. The molecule has 2 amide bonds. The standard InChI is InChI=1S/C21H30ClN3O4/c1-21(2,3)29-20(27)24-11-9-23(10-12-24)16-7-8-25(14-16)19(26)17-6-5-15(22)13-18(17)28-4/h5-6,13,16H,7-12,14H2,1-4H3/t16-/m1/s1. The summed E-state index contributed by atoms with van der Waals surface area (Å²) in [6, 6.07) is 5.40. The second-order valence-electron chi connectivity index (χ2n) is 8.54. The van der Waals surface area contributed by atoms with Crippen molar-refractivity contribution in [3.05, 3.63) is 28.8 Å². The normalized spacial score (nSPS) is 20.7. The Labute approximate surface area is 177 Å². The molecule has 0 aliphatic carbocycles. The van der Waals surface area contributed by atoms with Crippen molar-refractivity contribution in [3.63, 3.8) is 0 Å². The maximum absolute atomic E-state index is 13.0. The Morgan fingerprint density at radius 3 is 2.38 bits per heavy atom. The third kappa shape index (κ3) is 5.34. The number of amides is 2. The minimum Gasteiger partial charge on any atom is -0.496 e. The number of carbonyl (C=O) groups excluding carboxylic acids is 2. The van der Waals surface area contributed by atoms with Gasteiger partial charge in [0.05, 0.1) is 12.7 Å². The van der Waals surface area contributed by atoms with E-state index in [0.717, 1.165) is 19.5 Å². The molecule has 29 heavy (non-hydrogen) atoms. The number of rotatable bonds is 3. The number of methoxy groups -OCH3 is 1. The molecule has 0 radical (unpaired) electrons. The van der Waals surface area contributed by atoms with E-state index in [1.807, 2.05) is 25.7 Å². The van der Waals surface area contributed by atoms with Crippen LogP contribution in [-0.2, 0) is 4.74 Å². The average molecular weight is 424 g/mol. The number of hydrogen-bond acceptors (Lipinski definition) is 5. The molecule has 0 unspecified atom stereocenters. The zero-order valence-electron chi connectivity index (χ0n) is 17.6. The lowest BCUT2D eigenvalue weighted by atomic mass is 10.1. The smallest absolute Gasteiger partial charge is 0.410 e. The first kappa shape index (κ1) is 21.7. The predicted molar refractivity (Wildman–Crippen MR) is 112 cm³/mol. The van der Waals surface area contributed by atoms with E-state index in [4.69, 9.17) is 21.1 Å². The lowest BCUT2D eigenvalue weighted by molar-refractivity contribution is 0.0108. The maximum atomic E-state index is 13.0. The molecular weight excluding hydrogens is 394 g/mol. The molecule has 2 heterocycles. The summed E-state index contributed by atoms with van der Waals surface area (Å²) in [4.78, 5) is 31.2. The zero-order chi connectivity index (χ0) is 21.2. The largest absolute Gasteiger partial charge is 0.496 e. The summed E-state index contributed by atoms with van der Waals surface area (Å²) in [7, 11) is 1.54. The van der Waals surface area contributed by atoms with Crippen LogP contribution in [0.2, 0.25) is 5.02 Å². The van der Waals surface area contributed by atoms with Gasteiger partial charge in [0, 0.05) is 50.3 Å². The van der Waals surface area contributed by atoms with Crippen molar-refractivity contribution in [1.29, 1.82) is 0 Å². The van der Waals surface area contributed by atoms with Gasteiger partial charge < -0.3 is 19.3 Å². The first-order valence-electron chi connectivity index (χ1n) is 10.0. The lowest BCUT2D eigenvalue weighted by Gasteiger charge is -2.38. The highest BCUT2D eigenvalue weighted by Gasteiger charge is 2.34. The molecule has 2 aliphatic heterocycles. The van der Waals surface area contributed by atoms with E-state index in [9.17, 15) is 9.59 Å². The molecular formula is C21H30ClN3O4. The third-order valence-corrected chi connectivity index (χ3v) is 5.56. The fourth-order valence-corrected chi connectivity index (χ4v) is 3.99. The molecule has 8 heteroatoms. The van der Waals surface area contributed by atoms with Crippen LogP contribution in [0.15, 0.2) is 18.2 Å². The number of nitrogens with zero attached hydrogens (tertiary/aromatic N) is 3. The second kappa shape index (κ2) is 8.79. The molecule has 7 nitrogen and oxygen atoms in total. The van der Waals surface area contributed by atoms with Crippen LogP contribution in [0.4, 0.5) is 4.79 Å². The highest BCUT2D eigenvalue weighted by molar-refractivity contribution is 6.30. The van der Waals surface area contributed by atoms with Gasteiger partial charge in [0.2, 0.25) is 0 Å². The van der Waals surface area contributed by atoms with Crippen LogP contribution >= 0.6 is 11.6 Å². The third-order valence-electron chi connectivity index (χ3n) is 5.33. The van der Waals surface area contributed by atoms with Crippen LogP contribution in [-0.4, -0.2) is 84.7 Å². The summed E-state index contributed by atoms with van der Waals surface area (Å²) in [5.41, 5.74) is 0.0517. The topological polar surface area (TPSA) is 62.3 Å². The van der Waals surface area contributed by atoms with Crippen LogP contribution in [0, 0.1) is 0 Å². The molecule has 1 aromatic rings. The van der Waals surface area contributed by atoms with Crippen molar-refractivity contribution in [2.75, 3.05) is 46.4 Å². The van der Waals surface area contributed by atoms with Crippen molar-refractivity contribution in [2.24, 2.45) is 0 Å². The molecule has 2 aliphatic rings. The number of benzene rings is 1. The molecule has 160 valence electrons. The molecule has 3 rings (SSSR count). The molecule has 0 N–H and O–H groups in total. The quantitative estimate of drug-likeness (QED) is 0.747. The second-order valence-corrected chi connectivity index (χ2v) is 8.98. The highest BCUT2D eigenvalue weighted by Crippen LogP contribution is 2.27. The van der Waals surface area contributed by atoms with Crippen LogP contribution in [0.3, 0.4) is 0 Å². The van der Waals surface area contributed by atoms with Crippen molar-refractivity contribution < 1.29 is 19.1 Å². The molecule has 0 aromatic heterocycles. The Bertz CT molecular complexity index is 757. The minimum atomic E-state index is -0.483. The number of piperazine rings is 1. The van der Waals surface area contributed by atoms with Gasteiger partial charge >= 0.3 is 6.09 Å². The SMILES string of the molecule is COc1cc(Cl)ccc1C(=O)N1CC[C@@H](N2CCN(C(=O)OC(C)(C)C)CC2)C1. The van der Waals surface area contributed by atoms with Crippen molar-refractivity contribution in [1.82, 2.24) is 14.7 Å². The van der Waals surface area contributed by atoms with Crippen LogP contribution < -0.4 is 4.74 Å². The number of likely N-dealkylation sites (tertiary alicyclic amines) is 1. The van der Waals surface area contributed by atoms with E-state index in [1.165, 1.54) is 0 Å². The summed E-state index contributed by atoms with van der Waals surface area (Å²) in [6.07, 6.45) is 0.670. The van der Waals surface area contributed by atoms with E-state index in [0.29, 0.717) is 48.6 Å². The molecule has 0 saturated carbocycles. The number of carbonyl (C=O) groups is 2. The van der Waals surface area contributed by atoms with Gasteiger partial charge in [-0.05, 0) is 45.4 Å². The zero-order valence-corrected chi connectivity index (χ0v) is 18.4. The van der Waals surface area contributed by atoms with E-state index in [-0.39, 0.29) is 12.0 Å². The number of hydrogen-bond donors (Lipinski definition) is 0. The van der Waals surface area contributed by atoms with E-state index < -0.39 is 5.60 Å². The summed E-state index contributed by atoms with van der Waals surface area (Å²) < 4.78 is 10.8. The maximum Gasteiger partial charge on any atom is 0.410 e. The van der Waals surface area contributed by atoms with Crippen molar-refractivity contribution >= 4 is 23.6 Å². The van der Waals surface area contributed by atoms with Crippen molar-refractivity contribution in [3.8, 4) is 5.75 Å². The van der Waals surface area contributed by atoms with Crippen LogP contribution in [0.25, 0.3) is 0 Å². The molecule has 2 saturated heterocycles. The van der Waals surface area contributed by atoms with Gasteiger partial charge in [-0.15, -0.1) is 0 Å². The minimum absolute atomic E-state index is 0.0339. The predicted octanol–water partition coefficient (Wildman–Crippen LogP) is 3.12. The summed E-state index contributed by atoms with van der Waals surface area (Å²) in [5.74, 6) is 0.463. The van der Waals surface area contributed by atoms with Gasteiger partial charge in [-0.2, -0.15) is 0 Å². The summed E-state index contributed by atoms with van der Waals surface area (Å²) in [5, 5.41) is 0.542. The van der Waals surface area contributed by atoms with E-state index in [1.54, 1.807) is 30.2 Å².